The highest BCUT2D eigenvalue weighted by Crippen LogP contribution is 2.44. The Hall–Kier alpha value is -2.42. The van der Waals surface area contributed by atoms with Gasteiger partial charge in [-0.25, -0.2) is 0 Å². The molecule has 1 N–H and O–H groups in total. The monoisotopic (exact) mass is 529 g/mol. The summed E-state index contributed by atoms with van der Waals surface area (Å²) in [5.41, 5.74) is 0.718. The van der Waals surface area contributed by atoms with Crippen LogP contribution in [0.25, 0.3) is 20.5 Å². The van der Waals surface area contributed by atoms with E-state index in [0.29, 0.717) is 23.9 Å². The number of benzene rings is 3. The Morgan fingerprint density at radius 2 is 1.74 bits per heavy atom. The van der Waals surface area contributed by atoms with Crippen LogP contribution in [-0.4, -0.2) is 43.4 Å². The average molecular weight is 530 g/mol. The van der Waals surface area contributed by atoms with Crippen molar-refractivity contribution in [3.8, 4) is 33.4 Å². The number of halogens is 1. The van der Waals surface area contributed by atoms with Gasteiger partial charge in [0.05, 0.1) is 13.7 Å². The number of hydrogen-bond acceptors (Lipinski definition) is 7. The van der Waals surface area contributed by atoms with Gasteiger partial charge in [-0.15, -0.1) is 23.7 Å². The minimum absolute atomic E-state index is 0. The van der Waals surface area contributed by atoms with E-state index in [1.165, 1.54) is 42.7 Å². The van der Waals surface area contributed by atoms with E-state index in [0.717, 1.165) is 27.3 Å². The standard InChI is InChI=1S/C27H27NO4S2.ClH/c1-30-24-18-23(29)22(27-16-19-6-2-3-7-26(19)33-27)17-25(24)32-20-8-10-21(11-9-20)34-31-15-14-28-12-4-5-13-28;/h2-3,6-11,16-18,29H,4-5,12-15H2,1H3;1H. The van der Waals surface area contributed by atoms with Crippen LogP contribution in [-0.2, 0) is 4.18 Å². The van der Waals surface area contributed by atoms with Crippen molar-refractivity contribution in [2.24, 2.45) is 0 Å². The first-order valence-corrected chi connectivity index (χ1v) is 12.9. The Labute approximate surface area is 220 Å². The third kappa shape index (κ3) is 6.23. The molecule has 35 heavy (non-hydrogen) atoms. The van der Waals surface area contributed by atoms with Gasteiger partial charge in [-0.05, 0) is 73.8 Å². The van der Waals surface area contributed by atoms with E-state index in [4.69, 9.17) is 13.7 Å². The number of likely N-dealkylation sites (tertiary alicyclic amines) is 1. The van der Waals surface area contributed by atoms with Gasteiger partial charge >= 0.3 is 0 Å². The van der Waals surface area contributed by atoms with Crippen LogP contribution < -0.4 is 9.47 Å². The SMILES string of the molecule is COc1cc(O)c(-c2cc3ccccc3s2)cc1Oc1ccc(SOCCN2CCCC2)cc1.Cl. The van der Waals surface area contributed by atoms with E-state index < -0.39 is 0 Å². The second-order valence-electron chi connectivity index (χ2n) is 8.20. The maximum atomic E-state index is 10.7. The van der Waals surface area contributed by atoms with E-state index >= 15 is 0 Å². The zero-order valence-corrected chi connectivity index (χ0v) is 21.9. The first-order chi connectivity index (χ1) is 16.7. The van der Waals surface area contributed by atoms with Gasteiger partial charge in [-0.1, -0.05) is 18.2 Å². The summed E-state index contributed by atoms with van der Waals surface area (Å²) in [5.74, 6) is 1.88. The number of thiophene rings is 1. The molecule has 0 radical (unpaired) electrons. The summed E-state index contributed by atoms with van der Waals surface area (Å²) in [6.45, 7) is 4.07. The van der Waals surface area contributed by atoms with Gasteiger partial charge in [-0.3, -0.25) is 0 Å². The van der Waals surface area contributed by atoms with E-state index in [1.54, 1.807) is 24.5 Å². The van der Waals surface area contributed by atoms with Crippen molar-refractivity contribution in [3.05, 3.63) is 66.7 Å². The Kier molecular flexibility index (Phi) is 8.81. The van der Waals surface area contributed by atoms with Gasteiger partial charge in [0.1, 0.15) is 11.5 Å². The molecule has 8 heteroatoms. The molecule has 3 aromatic carbocycles. The lowest BCUT2D eigenvalue weighted by Gasteiger charge is -2.14. The van der Waals surface area contributed by atoms with Crippen molar-refractivity contribution in [1.29, 1.82) is 0 Å². The predicted octanol–water partition coefficient (Wildman–Crippen LogP) is 7.62. The smallest absolute Gasteiger partial charge is 0.170 e. The zero-order chi connectivity index (χ0) is 23.3. The molecule has 1 fully saturated rings. The zero-order valence-electron chi connectivity index (χ0n) is 19.4. The Balaban J connectivity index is 0.00000289. The first-order valence-electron chi connectivity index (χ1n) is 11.4. The number of ether oxygens (including phenoxy) is 2. The topological polar surface area (TPSA) is 51.2 Å². The van der Waals surface area contributed by atoms with Crippen molar-refractivity contribution in [3.63, 3.8) is 0 Å². The lowest BCUT2D eigenvalue weighted by molar-refractivity contribution is 0.261. The number of hydrogen-bond donors (Lipinski definition) is 1. The van der Waals surface area contributed by atoms with Gasteiger partial charge in [-0.2, -0.15) is 0 Å². The molecule has 0 aliphatic carbocycles. The lowest BCUT2D eigenvalue weighted by atomic mass is 10.1. The number of nitrogens with zero attached hydrogens (tertiary/aromatic N) is 1. The van der Waals surface area contributed by atoms with Crippen molar-refractivity contribution in [1.82, 2.24) is 4.90 Å². The maximum absolute atomic E-state index is 10.7. The fraction of sp³-hybridized carbons (Fsp3) is 0.259. The van der Waals surface area contributed by atoms with Gasteiger partial charge in [0, 0.05) is 44.7 Å². The molecule has 2 heterocycles. The molecule has 0 bridgehead atoms. The molecule has 0 unspecified atom stereocenters. The molecule has 1 aromatic heterocycles. The van der Waals surface area contributed by atoms with Gasteiger partial charge in [0.25, 0.3) is 0 Å². The van der Waals surface area contributed by atoms with Crippen molar-refractivity contribution in [2.75, 3.05) is 33.4 Å². The second-order valence-corrected chi connectivity index (χ2v) is 10.2. The Bertz CT molecular complexity index is 1220. The molecule has 0 saturated carbocycles. The number of phenolic OH excluding ortho intramolecular Hbond substituents is 1. The van der Waals surface area contributed by atoms with E-state index in [1.807, 2.05) is 42.5 Å². The Morgan fingerprint density at radius 3 is 2.49 bits per heavy atom. The molecular weight excluding hydrogens is 502 g/mol. The molecule has 0 amide bonds. The number of phenols is 1. The van der Waals surface area contributed by atoms with Crippen molar-refractivity contribution < 1.29 is 18.8 Å². The highest BCUT2D eigenvalue weighted by molar-refractivity contribution is 7.94. The summed E-state index contributed by atoms with van der Waals surface area (Å²) in [4.78, 5) is 4.44. The van der Waals surface area contributed by atoms with Crippen LogP contribution >= 0.6 is 35.8 Å². The summed E-state index contributed by atoms with van der Waals surface area (Å²) in [6, 6.07) is 21.5. The molecule has 5 rings (SSSR count). The summed E-state index contributed by atoms with van der Waals surface area (Å²) in [7, 11) is 1.57. The summed E-state index contributed by atoms with van der Waals surface area (Å²) in [5, 5.41) is 11.8. The number of rotatable bonds is 9. The van der Waals surface area contributed by atoms with Crippen molar-refractivity contribution in [2.45, 2.75) is 17.7 Å². The molecule has 184 valence electrons. The highest BCUT2D eigenvalue weighted by Gasteiger charge is 2.16. The molecule has 1 aliphatic heterocycles. The van der Waals surface area contributed by atoms with Gasteiger partial charge < -0.3 is 23.7 Å². The van der Waals surface area contributed by atoms with Crippen LogP contribution in [0, 0.1) is 0 Å². The predicted molar refractivity (Wildman–Crippen MR) is 147 cm³/mol. The van der Waals surface area contributed by atoms with E-state index in [9.17, 15) is 5.11 Å². The fourth-order valence-corrected chi connectivity index (χ4v) is 5.70. The second kappa shape index (κ2) is 12.0. The molecule has 0 spiro atoms. The van der Waals surface area contributed by atoms with Crippen molar-refractivity contribution >= 4 is 45.9 Å². The molecular formula is C27H28ClNO4S2. The van der Waals surface area contributed by atoms with Crippen LogP contribution in [0.4, 0.5) is 0 Å². The normalized spacial score (nSPS) is 13.6. The van der Waals surface area contributed by atoms with Crippen LogP contribution in [0.1, 0.15) is 12.8 Å². The average Bonchev–Trinajstić information content (AvgIpc) is 3.53. The highest BCUT2D eigenvalue weighted by atomic mass is 35.5. The fourth-order valence-electron chi connectivity index (χ4n) is 4.07. The molecule has 4 aromatic rings. The summed E-state index contributed by atoms with van der Waals surface area (Å²) in [6.07, 6.45) is 2.60. The van der Waals surface area contributed by atoms with Crippen LogP contribution in [0.2, 0.25) is 0 Å². The van der Waals surface area contributed by atoms with E-state index in [-0.39, 0.29) is 18.2 Å². The van der Waals surface area contributed by atoms with Crippen LogP contribution in [0.5, 0.6) is 23.0 Å². The maximum Gasteiger partial charge on any atom is 0.170 e. The molecule has 1 saturated heterocycles. The summed E-state index contributed by atoms with van der Waals surface area (Å²) >= 11 is 3.03. The third-order valence-corrected chi connectivity index (χ3v) is 7.77. The van der Waals surface area contributed by atoms with Gasteiger partial charge in [0.2, 0.25) is 0 Å². The molecule has 1 aliphatic rings. The van der Waals surface area contributed by atoms with Crippen LogP contribution in [0.3, 0.4) is 0 Å². The molecule has 5 nitrogen and oxygen atoms in total. The number of aromatic hydroxyl groups is 1. The molecule has 0 atom stereocenters. The third-order valence-electron chi connectivity index (χ3n) is 5.87. The Morgan fingerprint density at radius 1 is 0.971 bits per heavy atom. The summed E-state index contributed by atoms with van der Waals surface area (Å²) < 4.78 is 18.6. The first kappa shape index (κ1) is 25.7. The van der Waals surface area contributed by atoms with E-state index in [2.05, 4.69) is 23.1 Å². The number of methoxy groups -OCH3 is 1. The van der Waals surface area contributed by atoms with Crippen LogP contribution in [0.15, 0.2) is 71.6 Å². The lowest BCUT2D eigenvalue weighted by Crippen LogP contribution is -2.23. The minimum Gasteiger partial charge on any atom is -0.507 e. The largest absolute Gasteiger partial charge is 0.507 e. The minimum atomic E-state index is 0. The van der Waals surface area contributed by atoms with Gasteiger partial charge in [0.15, 0.2) is 11.5 Å². The number of fused-ring (bicyclic) bond motifs is 1. The quantitative estimate of drug-likeness (QED) is 0.178.